The molecule has 1 aromatic heterocycles. The standard InChI is InChI=1S/C31H35BrFN5/c1-23-9-10-28(33)17-26(23)21-37-12-14-38(15-13-37)31(22-34,18-24-6-3-4-7-29(24)32)27-16-25(19-35-20-27)30-8-5-11-36(30)2/h3-4,6-7,9-10,16-17,19-20,30H,5,8,11-15,18,21H2,1-2H3/t30-,31?/m0/s1. The lowest BCUT2D eigenvalue weighted by Crippen LogP contribution is -2.55. The Morgan fingerprint density at radius 2 is 1.84 bits per heavy atom. The fourth-order valence-corrected chi connectivity index (χ4v) is 6.45. The van der Waals surface area contributed by atoms with Crippen molar-refractivity contribution in [2.75, 3.05) is 39.8 Å². The summed E-state index contributed by atoms with van der Waals surface area (Å²) in [6.45, 7) is 6.96. The number of benzene rings is 2. The molecule has 1 unspecified atom stereocenters. The van der Waals surface area contributed by atoms with E-state index in [-0.39, 0.29) is 5.82 Å². The lowest BCUT2D eigenvalue weighted by molar-refractivity contribution is 0.0569. The molecule has 2 saturated heterocycles. The van der Waals surface area contributed by atoms with Gasteiger partial charge in [-0.05, 0) is 79.9 Å². The number of hydrogen-bond acceptors (Lipinski definition) is 5. The first-order valence-electron chi connectivity index (χ1n) is 13.4. The minimum absolute atomic E-state index is 0.193. The van der Waals surface area contributed by atoms with E-state index in [9.17, 15) is 9.65 Å². The second-order valence-corrected chi connectivity index (χ2v) is 11.6. The topological polar surface area (TPSA) is 46.4 Å². The summed E-state index contributed by atoms with van der Waals surface area (Å²) in [6, 6.07) is 18.5. The summed E-state index contributed by atoms with van der Waals surface area (Å²) in [6.07, 6.45) is 6.72. The summed E-state index contributed by atoms with van der Waals surface area (Å²) in [5.41, 5.74) is 4.54. The quantitative estimate of drug-likeness (QED) is 0.354. The third kappa shape index (κ3) is 5.55. The van der Waals surface area contributed by atoms with Gasteiger partial charge in [0.15, 0.2) is 0 Å². The smallest absolute Gasteiger partial charge is 0.140 e. The molecule has 0 bridgehead atoms. The molecule has 198 valence electrons. The molecular formula is C31H35BrFN5. The van der Waals surface area contributed by atoms with Crippen LogP contribution in [0.3, 0.4) is 0 Å². The molecule has 2 aliphatic rings. The molecule has 5 rings (SSSR count). The fraction of sp³-hybridized carbons (Fsp3) is 0.419. The van der Waals surface area contributed by atoms with Crippen molar-refractivity contribution in [2.24, 2.45) is 0 Å². The van der Waals surface area contributed by atoms with E-state index in [4.69, 9.17) is 0 Å². The van der Waals surface area contributed by atoms with E-state index >= 15 is 0 Å². The number of aromatic nitrogens is 1. The first-order valence-corrected chi connectivity index (χ1v) is 14.2. The molecule has 2 atom stereocenters. The summed E-state index contributed by atoms with van der Waals surface area (Å²) >= 11 is 3.72. The molecule has 2 aromatic carbocycles. The third-order valence-electron chi connectivity index (χ3n) is 8.35. The van der Waals surface area contributed by atoms with Crippen LogP contribution in [0, 0.1) is 24.1 Å². The summed E-state index contributed by atoms with van der Waals surface area (Å²) in [4.78, 5) is 11.7. The number of aryl methyl sites for hydroxylation is 1. The maximum atomic E-state index is 13.9. The Morgan fingerprint density at radius 3 is 2.55 bits per heavy atom. The van der Waals surface area contributed by atoms with Crippen LogP contribution in [-0.2, 0) is 18.5 Å². The van der Waals surface area contributed by atoms with Crippen LogP contribution in [0.1, 0.15) is 46.7 Å². The molecule has 3 heterocycles. The maximum absolute atomic E-state index is 13.9. The molecule has 7 heteroatoms. The summed E-state index contributed by atoms with van der Waals surface area (Å²) < 4.78 is 14.9. The van der Waals surface area contributed by atoms with Crippen molar-refractivity contribution < 1.29 is 4.39 Å². The van der Waals surface area contributed by atoms with Gasteiger partial charge in [-0.25, -0.2) is 4.39 Å². The highest BCUT2D eigenvalue weighted by atomic mass is 79.9. The summed E-state index contributed by atoms with van der Waals surface area (Å²) in [5, 5.41) is 10.9. The molecule has 0 saturated carbocycles. The van der Waals surface area contributed by atoms with Crippen LogP contribution in [0.5, 0.6) is 0 Å². The number of likely N-dealkylation sites (tertiary alicyclic amines) is 1. The summed E-state index contributed by atoms with van der Waals surface area (Å²) in [5.74, 6) is -0.193. The lowest BCUT2D eigenvalue weighted by Gasteiger charge is -2.44. The summed E-state index contributed by atoms with van der Waals surface area (Å²) in [7, 11) is 2.17. The van der Waals surface area contributed by atoms with Gasteiger partial charge in [0.1, 0.15) is 11.4 Å². The number of nitrogens with zero attached hydrogens (tertiary/aromatic N) is 5. The van der Waals surface area contributed by atoms with Crippen LogP contribution in [0.15, 0.2) is 65.4 Å². The van der Waals surface area contributed by atoms with Crippen molar-refractivity contribution in [3.63, 3.8) is 0 Å². The van der Waals surface area contributed by atoms with Crippen molar-refractivity contribution in [1.82, 2.24) is 19.7 Å². The van der Waals surface area contributed by atoms with Crippen LogP contribution in [0.2, 0.25) is 0 Å². The lowest BCUT2D eigenvalue weighted by atomic mass is 9.82. The average molecular weight is 577 g/mol. The predicted octanol–water partition coefficient (Wildman–Crippen LogP) is 5.84. The van der Waals surface area contributed by atoms with Crippen LogP contribution >= 0.6 is 15.9 Å². The second-order valence-electron chi connectivity index (χ2n) is 10.7. The minimum Gasteiger partial charge on any atom is -0.299 e. The zero-order valence-electron chi connectivity index (χ0n) is 22.2. The highest BCUT2D eigenvalue weighted by Gasteiger charge is 2.42. The molecule has 3 aromatic rings. The van der Waals surface area contributed by atoms with Gasteiger partial charge >= 0.3 is 0 Å². The SMILES string of the molecule is Cc1ccc(F)cc1CN1CCN(C(C#N)(Cc2ccccc2Br)c2cncc([C@@H]3CCCN3C)c2)CC1. The number of nitriles is 1. The third-order valence-corrected chi connectivity index (χ3v) is 9.12. The van der Waals surface area contributed by atoms with Gasteiger partial charge in [-0.3, -0.25) is 19.7 Å². The number of halogens is 2. The van der Waals surface area contributed by atoms with E-state index in [2.05, 4.69) is 60.9 Å². The molecule has 38 heavy (non-hydrogen) atoms. The Labute approximate surface area is 234 Å². The Morgan fingerprint density at radius 1 is 1.05 bits per heavy atom. The zero-order valence-corrected chi connectivity index (χ0v) is 23.8. The van der Waals surface area contributed by atoms with Gasteiger partial charge in [0.25, 0.3) is 0 Å². The molecule has 0 N–H and O–H groups in total. The first kappa shape index (κ1) is 27.0. The van der Waals surface area contributed by atoms with Crippen LogP contribution < -0.4 is 0 Å². The van der Waals surface area contributed by atoms with Crippen molar-refractivity contribution >= 4 is 15.9 Å². The second kappa shape index (κ2) is 11.6. The Kier molecular flexibility index (Phi) is 8.25. The van der Waals surface area contributed by atoms with E-state index < -0.39 is 5.54 Å². The molecule has 0 spiro atoms. The highest BCUT2D eigenvalue weighted by molar-refractivity contribution is 9.10. The van der Waals surface area contributed by atoms with E-state index in [1.54, 1.807) is 6.07 Å². The van der Waals surface area contributed by atoms with Gasteiger partial charge in [0.2, 0.25) is 0 Å². The molecule has 2 fully saturated rings. The molecular weight excluding hydrogens is 541 g/mol. The zero-order chi connectivity index (χ0) is 26.7. The van der Waals surface area contributed by atoms with Gasteiger partial charge in [0, 0.05) is 67.6 Å². The molecule has 2 aliphatic heterocycles. The van der Waals surface area contributed by atoms with Crippen LogP contribution in [0.4, 0.5) is 4.39 Å². The van der Waals surface area contributed by atoms with E-state index in [1.807, 2.05) is 43.6 Å². The molecule has 0 aliphatic carbocycles. The van der Waals surface area contributed by atoms with E-state index in [0.29, 0.717) is 19.0 Å². The van der Waals surface area contributed by atoms with Crippen molar-refractivity contribution in [3.8, 4) is 6.07 Å². The fourth-order valence-electron chi connectivity index (χ4n) is 6.03. The van der Waals surface area contributed by atoms with Crippen LogP contribution in [0.25, 0.3) is 0 Å². The first-order chi connectivity index (χ1) is 18.4. The van der Waals surface area contributed by atoms with E-state index in [1.165, 1.54) is 18.1 Å². The molecule has 0 amide bonds. The largest absolute Gasteiger partial charge is 0.299 e. The van der Waals surface area contributed by atoms with Gasteiger partial charge in [-0.2, -0.15) is 5.26 Å². The number of hydrogen-bond donors (Lipinski definition) is 0. The number of rotatable bonds is 7. The van der Waals surface area contributed by atoms with Gasteiger partial charge < -0.3 is 0 Å². The average Bonchev–Trinajstić information content (AvgIpc) is 3.37. The monoisotopic (exact) mass is 575 g/mol. The molecule has 5 nitrogen and oxygen atoms in total. The predicted molar refractivity (Wildman–Crippen MR) is 152 cm³/mol. The normalized spacial score (nSPS) is 20.8. The van der Waals surface area contributed by atoms with Gasteiger partial charge in [-0.15, -0.1) is 0 Å². The van der Waals surface area contributed by atoms with Crippen LogP contribution in [-0.4, -0.2) is 59.5 Å². The van der Waals surface area contributed by atoms with Gasteiger partial charge in [0.05, 0.1) is 6.07 Å². The highest BCUT2D eigenvalue weighted by Crippen LogP contribution is 2.38. The maximum Gasteiger partial charge on any atom is 0.140 e. The minimum atomic E-state index is -0.842. The van der Waals surface area contributed by atoms with E-state index in [0.717, 1.165) is 65.9 Å². The number of pyridine rings is 1. The Hall–Kier alpha value is -2.63. The Balaban J connectivity index is 1.44. The van der Waals surface area contributed by atoms with Gasteiger partial charge in [-0.1, -0.05) is 40.2 Å². The molecule has 0 radical (unpaired) electrons. The van der Waals surface area contributed by atoms with Crippen molar-refractivity contribution in [3.05, 3.63) is 99.0 Å². The van der Waals surface area contributed by atoms with Crippen molar-refractivity contribution in [2.45, 2.75) is 44.3 Å². The van der Waals surface area contributed by atoms with Crippen molar-refractivity contribution in [1.29, 1.82) is 5.26 Å². The number of piperazine rings is 1. The Bertz CT molecular complexity index is 1320.